The van der Waals surface area contributed by atoms with E-state index in [1.54, 1.807) is 6.08 Å². The molecular weight excluding hydrogens is 184 g/mol. The van der Waals surface area contributed by atoms with E-state index in [9.17, 15) is 4.79 Å². The first-order valence-corrected chi connectivity index (χ1v) is 3.92. The van der Waals surface area contributed by atoms with Gasteiger partial charge in [-0.25, -0.2) is 0 Å². The third-order valence-corrected chi connectivity index (χ3v) is 1.61. The van der Waals surface area contributed by atoms with Gasteiger partial charge in [0.25, 0.3) is 5.56 Å². The summed E-state index contributed by atoms with van der Waals surface area (Å²) < 4.78 is 0. The van der Waals surface area contributed by atoms with Crippen molar-refractivity contribution < 1.29 is 0 Å². The third-order valence-electron chi connectivity index (χ3n) is 1.61. The lowest BCUT2D eigenvalue weighted by Crippen LogP contribution is -2.11. The predicted molar refractivity (Wildman–Crippen MR) is 50.6 cm³/mol. The zero-order chi connectivity index (χ0) is 10.1. The summed E-state index contributed by atoms with van der Waals surface area (Å²) in [5.74, 6) is 0.0353. The van der Waals surface area contributed by atoms with Crippen molar-refractivity contribution in [2.45, 2.75) is 6.54 Å². The van der Waals surface area contributed by atoms with E-state index in [1.807, 2.05) is 0 Å². The van der Waals surface area contributed by atoms with Crippen LogP contribution in [0.25, 0.3) is 11.2 Å². The van der Waals surface area contributed by atoms with E-state index in [1.165, 1.54) is 4.80 Å². The zero-order valence-corrected chi connectivity index (χ0v) is 7.27. The summed E-state index contributed by atoms with van der Waals surface area (Å²) >= 11 is 0. The molecule has 0 aliphatic heterocycles. The summed E-state index contributed by atoms with van der Waals surface area (Å²) in [6.45, 7) is 3.96. The molecular formula is C7H8N6O. The summed E-state index contributed by atoms with van der Waals surface area (Å²) in [6, 6.07) is 0. The number of H-pyrrole nitrogens is 1. The lowest BCUT2D eigenvalue weighted by atomic mass is 10.5. The summed E-state index contributed by atoms with van der Waals surface area (Å²) in [5, 5.41) is 7.86. The van der Waals surface area contributed by atoms with Crippen LogP contribution in [-0.4, -0.2) is 25.0 Å². The Kier molecular flexibility index (Phi) is 1.77. The van der Waals surface area contributed by atoms with Gasteiger partial charge < -0.3 is 5.73 Å². The Labute approximate surface area is 78.3 Å². The molecule has 0 amide bonds. The van der Waals surface area contributed by atoms with Crippen LogP contribution in [0.1, 0.15) is 0 Å². The molecule has 0 atom stereocenters. The SMILES string of the molecule is C=CCn1nc2nc(N)[nH]c(=O)c2n1. The van der Waals surface area contributed by atoms with Crippen LogP contribution in [0.5, 0.6) is 0 Å². The maximum atomic E-state index is 11.3. The number of nitrogens with one attached hydrogen (secondary N) is 1. The molecule has 7 nitrogen and oxygen atoms in total. The Balaban J connectivity index is 2.70. The molecule has 2 aromatic heterocycles. The Bertz CT molecular complexity index is 539. The normalized spacial score (nSPS) is 10.6. The first-order valence-electron chi connectivity index (χ1n) is 3.92. The molecule has 0 aliphatic rings. The zero-order valence-electron chi connectivity index (χ0n) is 7.27. The second-order valence-corrected chi connectivity index (χ2v) is 2.67. The van der Waals surface area contributed by atoms with Crippen molar-refractivity contribution in [3.8, 4) is 0 Å². The maximum absolute atomic E-state index is 11.3. The molecule has 0 aromatic carbocycles. The lowest BCUT2D eigenvalue weighted by molar-refractivity contribution is 0.611. The van der Waals surface area contributed by atoms with Crippen LogP contribution in [0.2, 0.25) is 0 Å². The van der Waals surface area contributed by atoms with Gasteiger partial charge in [0.05, 0.1) is 6.54 Å². The molecule has 0 aliphatic carbocycles. The Morgan fingerprint density at radius 3 is 3.07 bits per heavy atom. The quantitative estimate of drug-likeness (QED) is 0.611. The van der Waals surface area contributed by atoms with Gasteiger partial charge in [0.15, 0.2) is 5.52 Å². The van der Waals surface area contributed by atoms with Crippen LogP contribution in [0.15, 0.2) is 17.4 Å². The summed E-state index contributed by atoms with van der Waals surface area (Å²) in [7, 11) is 0. The number of fused-ring (bicyclic) bond motifs is 1. The lowest BCUT2D eigenvalue weighted by Gasteiger charge is -1.87. The van der Waals surface area contributed by atoms with E-state index in [0.717, 1.165) is 0 Å². The smallest absolute Gasteiger partial charge is 0.282 e. The minimum Gasteiger partial charge on any atom is -0.369 e. The minimum atomic E-state index is -0.386. The van der Waals surface area contributed by atoms with Crippen molar-refractivity contribution in [3.05, 3.63) is 23.0 Å². The largest absolute Gasteiger partial charge is 0.369 e. The van der Waals surface area contributed by atoms with Crippen molar-refractivity contribution in [1.29, 1.82) is 0 Å². The van der Waals surface area contributed by atoms with E-state index in [2.05, 4.69) is 26.7 Å². The Hall–Kier alpha value is -2.18. The number of nitrogens with two attached hydrogens (primary N) is 1. The maximum Gasteiger partial charge on any atom is 0.282 e. The number of hydrogen-bond donors (Lipinski definition) is 2. The van der Waals surface area contributed by atoms with E-state index in [-0.39, 0.29) is 22.7 Å². The Morgan fingerprint density at radius 2 is 2.36 bits per heavy atom. The molecule has 0 radical (unpaired) electrons. The van der Waals surface area contributed by atoms with E-state index < -0.39 is 0 Å². The highest BCUT2D eigenvalue weighted by Gasteiger charge is 2.07. The van der Waals surface area contributed by atoms with Crippen molar-refractivity contribution in [2.75, 3.05) is 5.73 Å². The average Bonchev–Trinajstić information content (AvgIpc) is 2.48. The van der Waals surface area contributed by atoms with Gasteiger partial charge in [-0.15, -0.1) is 16.8 Å². The van der Waals surface area contributed by atoms with E-state index in [0.29, 0.717) is 6.54 Å². The fourth-order valence-corrected chi connectivity index (χ4v) is 1.08. The predicted octanol–water partition coefficient (Wildman–Crippen LogP) is -0.717. The molecule has 0 spiro atoms. The van der Waals surface area contributed by atoms with Gasteiger partial charge in [0.1, 0.15) is 0 Å². The summed E-state index contributed by atoms with van der Waals surface area (Å²) in [6.07, 6.45) is 1.62. The molecule has 2 aromatic rings. The van der Waals surface area contributed by atoms with Gasteiger partial charge in [-0.2, -0.15) is 9.78 Å². The van der Waals surface area contributed by atoms with E-state index in [4.69, 9.17) is 5.73 Å². The van der Waals surface area contributed by atoms with Crippen LogP contribution in [-0.2, 0) is 6.54 Å². The number of rotatable bonds is 2. The van der Waals surface area contributed by atoms with Gasteiger partial charge in [-0.3, -0.25) is 9.78 Å². The second-order valence-electron chi connectivity index (χ2n) is 2.67. The first kappa shape index (κ1) is 8.42. The standard InChI is InChI=1S/C7H8N6O/c1-2-3-13-11-4-5(12-13)9-7(8)10-6(4)14/h2H,1,3H2,(H3,8,9,10,12,14). The molecule has 0 saturated heterocycles. The molecule has 14 heavy (non-hydrogen) atoms. The van der Waals surface area contributed by atoms with Gasteiger partial charge in [-0.1, -0.05) is 6.08 Å². The summed E-state index contributed by atoms with van der Waals surface area (Å²) in [4.78, 5) is 18.8. The van der Waals surface area contributed by atoms with Gasteiger partial charge in [0.2, 0.25) is 11.6 Å². The van der Waals surface area contributed by atoms with Crippen molar-refractivity contribution in [2.24, 2.45) is 0 Å². The molecule has 0 bridgehead atoms. The molecule has 0 unspecified atom stereocenters. The molecule has 0 saturated carbocycles. The van der Waals surface area contributed by atoms with Crippen LogP contribution in [0, 0.1) is 0 Å². The highest BCUT2D eigenvalue weighted by atomic mass is 16.1. The van der Waals surface area contributed by atoms with Crippen molar-refractivity contribution in [1.82, 2.24) is 25.0 Å². The van der Waals surface area contributed by atoms with Crippen LogP contribution in [0.3, 0.4) is 0 Å². The highest BCUT2D eigenvalue weighted by Crippen LogP contribution is 2.00. The highest BCUT2D eigenvalue weighted by molar-refractivity contribution is 5.68. The van der Waals surface area contributed by atoms with E-state index >= 15 is 0 Å². The van der Waals surface area contributed by atoms with Crippen LogP contribution in [0.4, 0.5) is 5.95 Å². The Morgan fingerprint density at radius 1 is 1.57 bits per heavy atom. The van der Waals surface area contributed by atoms with Gasteiger partial charge in [0, 0.05) is 0 Å². The van der Waals surface area contributed by atoms with Gasteiger partial charge >= 0.3 is 0 Å². The molecule has 7 heteroatoms. The number of aromatic amines is 1. The summed E-state index contributed by atoms with van der Waals surface area (Å²) in [5.41, 5.74) is 5.38. The van der Waals surface area contributed by atoms with Gasteiger partial charge in [-0.05, 0) is 0 Å². The number of nitrogen functional groups attached to an aromatic ring is 1. The van der Waals surface area contributed by atoms with Crippen LogP contribution >= 0.6 is 0 Å². The number of nitrogens with zero attached hydrogens (tertiary/aromatic N) is 4. The van der Waals surface area contributed by atoms with Crippen molar-refractivity contribution >= 4 is 17.1 Å². The number of anilines is 1. The molecule has 3 N–H and O–H groups in total. The number of allylic oxidation sites excluding steroid dienone is 1. The fourth-order valence-electron chi connectivity index (χ4n) is 1.08. The first-order chi connectivity index (χ1) is 6.70. The third kappa shape index (κ3) is 1.24. The second kappa shape index (κ2) is 2.95. The molecule has 2 heterocycles. The van der Waals surface area contributed by atoms with Crippen molar-refractivity contribution in [3.63, 3.8) is 0 Å². The average molecular weight is 192 g/mol. The van der Waals surface area contributed by atoms with Crippen LogP contribution < -0.4 is 11.3 Å². The molecule has 2 rings (SSSR count). The number of aromatic nitrogens is 5. The molecule has 72 valence electrons. The monoisotopic (exact) mass is 192 g/mol. The minimum absolute atomic E-state index is 0.0353. The topological polar surface area (TPSA) is 102 Å². The fraction of sp³-hybridized carbons (Fsp3) is 0.143. The number of hydrogen-bond acceptors (Lipinski definition) is 5. The molecule has 0 fully saturated rings.